The van der Waals surface area contributed by atoms with E-state index in [1.807, 2.05) is 26.0 Å². The van der Waals surface area contributed by atoms with E-state index in [1.54, 1.807) is 18.2 Å². The smallest absolute Gasteiger partial charge is 0.250 e. The molecular formula is C25H24N4O6. The number of amides is 4. The fraction of sp³-hybridized carbons (Fsp3) is 0.360. The Morgan fingerprint density at radius 1 is 1.11 bits per heavy atom. The van der Waals surface area contributed by atoms with Crippen LogP contribution in [0.1, 0.15) is 28.7 Å². The van der Waals surface area contributed by atoms with Crippen LogP contribution in [0.2, 0.25) is 0 Å². The van der Waals surface area contributed by atoms with Gasteiger partial charge >= 0.3 is 0 Å². The van der Waals surface area contributed by atoms with Crippen molar-refractivity contribution in [3.05, 3.63) is 52.6 Å². The molecule has 2 aromatic carbocycles. The lowest BCUT2D eigenvalue weighted by Gasteiger charge is -2.29. The molecule has 35 heavy (non-hydrogen) atoms. The second-order valence-corrected chi connectivity index (χ2v) is 9.64. The van der Waals surface area contributed by atoms with Crippen molar-refractivity contribution in [3.63, 3.8) is 0 Å². The maximum absolute atomic E-state index is 13.9. The number of ether oxygens (including phenoxy) is 2. The first-order valence-corrected chi connectivity index (χ1v) is 11.4. The van der Waals surface area contributed by atoms with Crippen molar-refractivity contribution in [2.24, 2.45) is 17.6 Å². The van der Waals surface area contributed by atoms with E-state index in [9.17, 15) is 19.2 Å². The number of nitrogens with two attached hydrogens (primary N) is 1. The first-order chi connectivity index (χ1) is 16.7. The van der Waals surface area contributed by atoms with E-state index in [4.69, 9.17) is 15.2 Å². The molecule has 2 unspecified atom stereocenters. The molecule has 4 aliphatic rings. The molecule has 0 radical (unpaired) electrons. The molecule has 0 aromatic heterocycles. The molecule has 4 heterocycles. The lowest BCUT2D eigenvalue weighted by atomic mass is 9.76. The standard InChI is InChI=1S/C25H24N4O6/c1-11-5-12(2)21-14(6-11)25(24(33)27-21)20-19(15(28-25)8-18(26)30)22(31)29(23(20)32)9-13-3-4-16-17(7-13)35-10-34-16/h3-7,15,19-20,28H,8-10H2,1-2H3,(H2,26,30)(H,27,33)/t15?,19-,20+,25?/m1/s1. The molecule has 10 heteroatoms. The quantitative estimate of drug-likeness (QED) is 0.555. The van der Waals surface area contributed by atoms with Gasteiger partial charge in [-0.3, -0.25) is 29.4 Å². The van der Waals surface area contributed by atoms with Gasteiger partial charge in [-0.25, -0.2) is 0 Å². The van der Waals surface area contributed by atoms with Crippen LogP contribution in [0.4, 0.5) is 5.69 Å². The van der Waals surface area contributed by atoms with Crippen LogP contribution in [0.3, 0.4) is 0 Å². The number of likely N-dealkylation sites (tertiary alicyclic amines) is 1. The predicted molar refractivity (Wildman–Crippen MR) is 122 cm³/mol. The van der Waals surface area contributed by atoms with E-state index in [1.165, 1.54) is 4.90 Å². The van der Waals surface area contributed by atoms with E-state index in [0.717, 1.165) is 11.1 Å². The maximum Gasteiger partial charge on any atom is 0.250 e. The molecule has 0 aliphatic carbocycles. The number of carbonyl (C=O) groups excluding carboxylic acids is 4. The Bertz CT molecular complexity index is 1340. The molecule has 2 aromatic rings. The van der Waals surface area contributed by atoms with Crippen LogP contribution in [0.25, 0.3) is 0 Å². The molecule has 10 nitrogen and oxygen atoms in total. The number of fused-ring (bicyclic) bond motifs is 5. The van der Waals surface area contributed by atoms with Gasteiger partial charge in [-0.2, -0.15) is 0 Å². The fourth-order valence-corrected chi connectivity index (χ4v) is 6.09. The fourth-order valence-electron chi connectivity index (χ4n) is 6.09. The summed E-state index contributed by atoms with van der Waals surface area (Å²) in [5.41, 5.74) is 7.74. The number of aryl methyl sites for hydroxylation is 2. The number of rotatable bonds is 4. The SMILES string of the molecule is Cc1cc(C)c2c(c1)C1(NC(CC(N)=O)[C@H]3C(=O)N(Cc4ccc5c(c4)OCO5)C(=O)[C@H]31)C(=O)N2. The molecular weight excluding hydrogens is 452 g/mol. The van der Waals surface area contributed by atoms with Crippen LogP contribution in [0, 0.1) is 25.7 Å². The van der Waals surface area contributed by atoms with Crippen LogP contribution < -0.4 is 25.8 Å². The minimum absolute atomic E-state index is 0.0159. The van der Waals surface area contributed by atoms with Gasteiger partial charge in [0.15, 0.2) is 11.5 Å². The second-order valence-electron chi connectivity index (χ2n) is 9.64. The second kappa shape index (κ2) is 7.29. The van der Waals surface area contributed by atoms with E-state index in [2.05, 4.69) is 10.6 Å². The summed E-state index contributed by atoms with van der Waals surface area (Å²) < 4.78 is 10.8. The van der Waals surface area contributed by atoms with Crippen molar-refractivity contribution in [1.29, 1.82) is 0 Å². The van der Waals surface area contributed by atoms with Gasteiger partial charge in [-0.15, -0.1) is 0 Å². The van der Waals surface area contributed by atoms with Crippen LogP contribution in [0.15, 0.2) is 30.3 Å². The molecule has 180 valence electrons. The Morgan fingerprint density at radius 2 is 1.89 bits per heavy atom. The molecule has 4 aliphatic heterocycles. The number of carbonyl (C=O) groups is 4. The summed E-state index contributed by atoms with van der Waals surface area (Å²) in [5, 5.41) is 6.13. The maximum atomic E-state index is 13.9. The van der Waals surface area contributed by atoms with Crippen LogP contribution in [-0.2, 0) is 31.3 Å². The highest BCUT2D eigenvalue weighted by Crippen LogP contribution is 2.54. The van der Waals surface area contributed by atoms with Crippen molar-refractivity contribution in [2.45, 2.75) is 38.4 Å². The summed E-state index contributed by atoms with van der Waals surface area (Å²) >= 11 is 0. The van der Waals surface area contributed by atoms with Gasteiger partial charge in [0.1, 0.15) is 5.54 Å². The Hall–Kier alpha value is -3.92. The number of imide groups is 1. The van der Waals surface area contributed by atoms with E-state index in [-0.39, 0.29) is 19.8 Å². The number of nitrogens with zero attached hydrogens (tertiary/aromatic N) is 1. The number of anilines is 1. The molecule has 2 fully saturated rings. The molecule has 4 atom stereocenters. The van der Waals surface area contributed by atoms with E-state index >= 15 is 0 Å². The Labute approximate surface area is 200 Å². The Morgan fingerprint density at radius 3 is 2.66 bits per heavy atom. The minimum atomic E-state index is -1.47. The van der Waals surface area contributed by atoms with Crippen molar-refractivity contribution in [1.82, 2.24) is 10.2 Å². The number of primary amides is 1. The minimum Gasteiger partial charge on any atom is -0.454 e. The van der Waals surface area contributed by atoms with E-state index < -0.39 is 47.0 Å². The topological polar surface area (TPSA) is 140 Å². The van der Waals surface area contributed by atoms with Crippen LogP contribution >= 0.6 is 0 Å². The van der Waals surface area contributed by atoms with Crippen molar-refractivity contribution in [2.75, 3.05) is 12.1 Å². The lowest BCUT2D eigenvalue weighted by Crippen LogP contribution is -2.53. The number of hydrogen-bond acceptors (Lipinski definition) is 7. The van der Waals surface area contributed by atoms with Crippen molar-refractivity contribution >= 4 is 29.3 Å². The molecule has 0 saturated carbocycles. The van der Waals surface area contributed by atoms with Gasteiger partial charge in [0.2, 0.25) is 30.4 Å². The predicted octanol–water partition coefficient (Wildman–Crippen LogP) is 0.828. The van der Waals surface area contributed by atoms with Gasteiger partial charge in [0.25, 0.3) is 0 Å². The average Bonchev–Trinajstić information content (AvgIpc) is 3.51. The zero-order chi connectivity index (χ0) is 24.6. The van der Waals surface area contributed by atoms with E-state index in [0.29, 0.717) is 28.3 Å². The summed E-state index contributed by atoms with van der Waals surface area (Å²) in [4.78, 5) is 54.1. The number of nitrogens with one attached hydrogen (secondary N) is 2. The normalized spacial score (nSPS) is 28.0. The Kier molecular flexibility index (Phi) is 4.50. The van der Waals surface area contributed by atoms with Crippen molar-refractivity contribution in [3.8, 4) is 11.5 Å². The molecule has 4 N–H and O–H groups in total. The average molecular weight is 476 g/mol. The molecule has 4 amide bonds. The zero-order valence-corrected chi connectivity index (χ0v) is 19.2. The summed E-state index contributed by atoms with van der Waals surface area (Å²) in [6.07, 6.45) is -0.173. The highest BCUT2D eigenvalue weighted by Gasteiger charge is 2.70. The highest BCUT2D eigenvalue weighted by molar-refractivity contribution is 6.15. The van der Waals surface area contributed by atoms with Crippen LogP contribution in [0.5, 0.6) is 11.5 Å². The molecule has 2 saturated heterocycles. The third kappa shape index (κ3) is 2.92. The molecule has 6 rings (SSSR count). The summed E-state index contributed by atoms with van der Waals surface area (Å²) in [6, 6.07) is 8.27. The number of hydrogen-bond donors (Lipinski definition) is 3. The third-order valence-corrected chi connectivity index (χ3v) is 7.46. The van der Waals surface area contributed by atoms with Gasteiger partial charge in [-0.1, -0.05) is 23.8 Å². The number of benzene rings is 2. The first-order valence-electron chi connectivity index (χ1n) is 11.4. The lowest BCUT2D eigenvalue weighted by molar-refractivity contribution is -0.143. The highest BCUT2D eigenvalue weighted by atomic mass is 16.7. The first kappa shape index (κ1) is 21.6. The third-order valence-electron chi connectivity index (χ3n) is 7.46. The monoisotopic (exact) mass is 476 g/mol. The van der Waals surface area contributed by atoms with Crippen LogP contribution in [-0.4, -0.2) is 41.4 Å². The van der Waals surface area contributed by atoms with Gasteiger partial charge in [0, 0.05) is 23.7 Å². The summed E-state index contributed by atoms with van der Waals surface area (Å²) in [6.45, 7) is 3.92. The van der Waals surface area contributed by atoms with Gasteiger partial charge in [0.05, 0.1) is 18.4 Å². The molecule has 1 spiro atoms. The Balaban J connectivity index is 1.44. The summed E-state index contributed by atoms with van der Waals surface area (Å²) in [5.74, 6) is -2.68. The largest absolute Gasteiger partial charge is 0.454 e. The summed E-state index contributed by atoms with van der Waals surface area (Å²) in [7, 11) is 0. The van der Waals surface area contributed by atoms with Gasteiger partial charge in [-0.05, 0) is 37.1 Å². The van der Waals surface area contributed by atoms with Crippen molar-refractivity contribution < 1.29 is 28.7 Å². The molecule has 0 bridgehead atoms. The zero-order valence-electron chi connectivity index (χ0n) is 19.2. The van der Waals surface area contributed by atoms with Gasteiger partial charge < -0.3 is 20.5 Å².